The third-order valence-corrected chi connectivity index (χ3v) is 1.27. The van der Waals surface area contributed by atoms with E-state index in [1.54, 1.807) is 0 Å². The summed E-state index contributed by atoms with van der Waals surface area (Å²) in [6.45, 7) is 2.12. The molecule has 1 aromatic heterocycles. The second-order valence-electron chi connectivity index (χ2n) is 2.04. The Hall–Kier alpha value is -0.790. The van der Waals surface area contributed by atoms with Crippen molar-refractivity contribution in [1.82, 2.24) is 9.55 Å². The van der Waals surface area contributed by atoms with Crippen LogP contribution in [0.4, 0.5) is 0 Å². The standard InChI is InChI=1S/C7H11N2/c1-3-4-7-5-8-6-9(7)2/h4-6H,3H2,1-2H3. The van der Waals surface area contributed by atoms with E-state index in [4.69, 9.17) is 0 Å². The number of rotatable bonds is 2. The minimum atomic E-state index is 1.07. The average Bonchev–Trinajstić information content (AvgIpc) is 2.18. The number of aryl methyl sites for hydroxylation is 1. The third-order valence-electron chi connectivity index (χ3n) is 1.27. The van der Waals surface area contributed by atoms with Gasteiger partial charge >= 0.3 is 0 Å². The van der Waals surface area contributed by atoms with Crippen molar-refractivity contribution in [1.29, 1.82) is 0 Å². The summed E-state index contributed by atoms with van der Waals surface area (Å²) in [6, 6.07) is 0. The molecule has 0 atom stereocenters. The SMILES string of the molecule is CC[CH]c1cncn1C. The Kier molecular flexibility index (Phi) is 1.88. The molecule has 9 heavy (non-hydrogen) atoms. The lowest BCUT2D eigenvalue weighted by Gasteiger charge is -1.95. The normalized spacial score (nSPS) is 10.0. The summed E-state index contributed by atoms with van der Waals surface area (Å²) in [5.41, 5.74) is 1.19. The van der Waals surface area contributed by atoms with Gasteiger partial charge in [-0.05, 0) is 6.42 Å². The summed E-state index contributed by atoms with van der Waals surface area (Å²) in [5.74, 6) is 0. The van der Waals surface area contributed by atoms with E-state index in [2.05, 4.69) is 18.3 Å². The van der Waals surface area contributed by atoms with Crippen molar-refractivity contribution < 1.29 is 0 Å². The molecule has 0 saturated carbocycles. The van der Waals surface area contributed by atoms with Crippen LogP contribution >= 0.6 is 0 Å². The summed E-state index contributed by atoms with van der Waals surface area (Å²) >= 11 is 0. The Morgan fingerprint density at radius 2 is 2.56 bits per heavy atom. The lowest BCUT2D eigenvalue weighted by atomic mass is 10.3. The molecule has 0 unspecified atom stereocenters. The van der Waals surface area contributed by atoms with E-state index in [-0.39, 0.29) is 0 Å². The quantitative estimate of drug-likeness (QED) is 0.581. The largest absolute Gasteiger partial charge is 0.337 e. The molecule has 0 bridgehead atoms. The monoisotopic (exact) mass is 123 g/mol. The van der Waals surface area contributed by atoms with Gasteiger partial charge in [0.05, 0.1) is 6.33 Å². The van der Waals surface area contributed by atoms with E-state index in [0.717, 1.165) is 6.42 Å². The van der Waals surface area contributed by atoms with Gasteiger partial charge in [0.1, 0.15) is 0 Å². The van der Waals surface area contributed by atoms with Crippen LogP contribution in [0.2, 0.25) is 0 Å². The molecule has 0 saturated heterocycles. The van der Waals surface area contributed by atoms with E-state index in [0.29, 0.717) is 0 Å². The van der Waals surface area contributed by atoms with Crippen LogP contribution in [0.3, 0.4) is 0 Å². The van der Waals surface area contributed by atoms with Crippen LogP contribution in [-0.2, 0) is 7.05 Å². The van der Waals surface area contributed by atoms with Gasteiger partial charge in [-0.3, -0.25) is 0 Å². The van der Waals surface area contributed by atoms with Crippen molar-refractivity contribution in [3.05, 3.63) is 24.6 Å². The first-order valence-corrected chi connectivity index (χ1v) is 3.14. The second kappa shape index (κ2) is 2.67. The highest BCUT2D eigenvalue weighted by atomic mass is 15.0. The van der Waals surface area contributed by atoms with Gasteiger partial charge in [0.15, 0.2) is 0 Å². The van der Waals surface area contributed by atoms with Gasteiger partial charge in [0.25, 0.3) is 0 Å². The average molecular weight is 123 g/mol. The number of hydrogen-bond acceptors (Lipinski definition) is 1. The first kappa shape index (κ1) is 6.33. The highest BCUT2D eigenvalue weighted by molar-refractivity contribution is 5.08. The fourth-order valence-corrected chi connectivity index (χ4v) is 0.773. The highest BCUT2D eigenvalue weighted by Gasteiger charge is 1.93. The van der Waals surface area contributed by atoms with Gasteiger partial charge in [-0.25, -0.2) is 4.98 Å². The molecule has 49 valence electrons. The van der Waals surface area contributed by atoms with Crippen LogP contribution in [0, 0.1) is 6.42 Å². The Labute approximate surface area is 55.5 Å². The molecular formula is C7H11N2. The molecule has 0 aliphatic carbocycles. The molecule has 0 fully saturated rings. The number of nitrogens with zero attached hydrogens (tertiary/aromatic N) is 2. The van der Waals surface area contributed by atoms with Gasteiger partial charge in [-0.2, -0.15) is 0 Å². The zero-order chi connectivity index (χ0) is 6.69. The molecule has 0 amide bonds. The van der Waals surface area contributed by atoms with E-state index >= 15 is 0 Å². The van der Waals surface area contributed by atoms with Crippen molar-refractivity contribution >= 4 is 0 Å². The van der Waals surface area contributed by atoms with Crippen LogP contribution in [0.1, 0.15) is 19.0 Å². The smallest absolute Gasteiger partial charge is 0.0945 e. The Morgan fingerprint density at radius 1 is 1.78 bits per heavy atom. The van der Waals surface area contributed by atoms with E-state index in [1.165, 1.54) is 5.69 Å². The Morgan fingerprint density at radius 3 is 3.00 bits per heavy atom. The zero-order valence-electron chi connectivity index (χ0n) is 5.83. The molecule has 2 nitrogen and oxygen atoms in total. The molecule has 1 aromatic rings. The van der Waals surface area contributed by atoms with Crippen LogP contribution in [0.5, 0.6) is 0 Å². The van der Waals surface area contributed by atoms with Crippen LogP contribution in [0.15, 0.2) is 12.5 Å². The molecule has 0 aromatic carbocycles. The Balaban J connectivity index is 2.69. The summed E-state index contributed by atoms with van der Waals surface area (Å²) in [5, 5.41) is 0. The molecular weight excluding hydrogens is 112 g/mol. The lowest BCUT2D eigenvalue weighted by molar-refractivity contribution is 0.864. The highest BCUT2D eigenvalue weighted by Crippen LogP contribution is 2.01. The van der Waals surface area contributed by atoms with Crippen LogP contribution in [-0.4, -0.2) is 9.55 Å². The van der Waals surface area contributed by atoms with Gasteiger partial charge in [0, 0.05) is 25.4 Å². The molecule has 1 heterocycles. The third kappa shape index (κ3) is 1.31. The predicted molar refractivity (Wildman–Crippen MR) is 36.9 cm³/mol. The van der Waals surface area contributed by atoms with Crippen molar-refractivity contribution in [3.8, 4) is 0 Å². The minimum absolute atomic E-state index is 1.07. The van der Waals surface area contributed by atoms with Crippen molar-refractivity contribution in [2.45, 2.75) is 13.3 Å². The maximum Gasteiger partial charge on any atom is 0.0945 e. The summed E-state index contributed by atoms with van der Waals surface area (Å²) in [4.78, 5) is 3.97. The molecule has 2 heteroatoms. The first-order valence-electron chi connectivity index (χ1n) is 3.14. The molecule has 0 N–H and O–H groups in total. The topological polar surface area (TPSA) is 17.8 Å². The van der Waals surface area contributed by atoms with E-state index in [1.807, 2.05) is 24.1 Å². The van der Waals surface area contributed by atoms with Gasteiger partial charge in [-0.1, -0.05) is 6.92 Å². The molecule has 0 aliphatic heterocycles. The molecule has 0 spiro atoms. The maximum absolute atomic E-state index is 3.97. The first-order chi connectivity index (χ1) is 4.34. The number of hydrogen-bond donors (Lipinski definition) is 0. The minimum Gasteiger partial charge on any atom is -0.337 e. The lowest BCUT2D eigenvalue weighted by Crippen LogP contribution is -1.90. The van der Waals surface area contributed by atoms with E-state index in [9.17, 15) is 0 Å². The summed E-state index contributed by atoms with van der Waals surface area (Å²) in [6.07, 6.45) is 6.89. The molecule has 1 rings (SSSR count). The second-order valence-corrected chi connectivity index (χ2v) is 2.04. The maximum atomic E-state index is 3.97. The summed E-state index contributed by atoms with van der Waals surface area (Å²) in [7, 11) is 1.99. The van der Waals surface area contributed by atoms with Crippen LogP contribution < -0.4 is 0 Å². The predicted octanol–water partition coefficient (Wildman–Crippen LogP) is 1.38. The van der Waals surface area contributed by atoms with E-state index < -0.39 is 0 Å². The van der Waals surface area contributed by atoms with Crippen molar-refractivity contribution in [2.24, 2.45) is 7.05 Å². The van der Waals surface area contributed by atoms with Gasteiger partial charge in [0.2, 0.25) is 0 Å². The van der Waals surface area contributed by atoms with Gasteiger partial charge < -0.3 is 4.57 Å². The van der Waals surface area contributed by atoms with Crippen molar-refractivity contribution in [2.75, 3.05) is 0 Å². The van der Waals surface area contributed by atoms with Crippen LogP contribution in [0.25, 0.3) is 0 Å². The molecule has 1 radical (unpaired) electrons. The number of aromatic nitrogens is 2. The fourth-order valence-electron chi connectivity index (χ4n) is 0.773. The van der Waals surface area contributed by atoms with Crippen molar-refractivity contribution in [3.63, 3.8) is 0 Å². The zero-order valence-corrected chi connectivity index (χ0v) is 5.83. The summed E-state index contributed by atoms with van der Waals surface area (Å²) < 4.78 is 2.00. The molecule has 0 aliphatic rings. The number of imidazole rings is 1. The fraction of sp³-hybridized carbons (Fsp3) is 0.429. The van der Waals surface area contributed by atoms with Gasteiger partial charge in [-0.15, -0.1) is 0 Å². The Bertz CT molecular complexity index is 179.